The maximum Gasteiger partial charge on any atom is 0.131 e. The van der Waals surface area contributed by atoms with Gasteiger partial charge in [0.15, 0.2) is 0 Å². The van der Waals surface area contributed by atoms with E-state index in [-0.39, 0.29) is 0 Å². The molecule has 4 heteroatoms. The first kappa shape index (κ1) is 17.6. The molecule has 0 aromatic heterocycles. The topological polar surface area (TPSA) is 0 Å². The second-order valence-electron chi connectivity index (χ2n) is 5.19. The Hall–Kier alpha value is -0.426. The summed E-state index contributed by atoms with van der Waals surface area (Å²) in [4.78, 5) is 0. The van der Waals surface area contributed by atoms with Crippen LogP contribution < -0.4 is 10.4 Å². The highest BCUT2D eigenvalue weighted by molar-refractivity contribution is 9.11. The molecule has 0 saturated carbocycles. The highest BCUT2D eigenvalue weighted by atomic mass is 79.9. The lowest BCUT2D eigenvalue weighted by Crippen LogP contribution is -2.46. The van der Waals surface area contributed by atoms with E-state index in [0.717, 1.165) is 8.95 Å². The van der Waals surface area contributed by atoms with Crippen molar-refractivity contribution in [1.82, 2.24) is 0 Å². The molecule has 20 heavy (non-hydrogen) atoms. The van der Waals surface area contributed by atoms with Crippen molar-refractivity contribution < 1.29 is 0 Å². The maximum absolute atomic E-state index is 3.98. The molecule has 0 aliphatic carbocycles. The third kappa shape index (κ3) is 3.08. The zero-order valence-electron chi connectivity index (χ0n) is 12.0. The van der Waals surface area contributed by atoms with E-state index in [4.69, 9.17) is 0 Å². The van der Waals surface area contributed by atoms with Gasteiger partial charge in [-0.1, -0.05) is 67.8 Å². The first-order chi connectivity index (χ1) is 9.27. The Balaban J connectivity index is 3.58. The van der Waals surface area contributed by atoms with Gasteiger partial charge in [-0.3, -0.25) is 0 Å². The first-order valence-corrected chi connectivity index (χ1v) is 13.2. The summed E-state index contributed by atoms with van der Waals surface area (Å²) in [6.45, 7) is 20.4. The first-order valence-electron chi connectivity index (χ1n) is 6.32. The van der Waals surface area contributed by atoms with Gasteiger partial charge in [-0.05, 0) is 22.5 Å². The Morgan fingerprint density at radius 2 is 1.00 bits per heavy atom. The Morgan fingerprint density at radius 3 is 1.20 bits per heavy atom. The monoisotopic (exact) mass is 426 g/mol. The van der Waals surface area contributed by atoms with Gasteiger partial charge >= 0.3 is 0 Å². The van der Waals surface area contributed by atoms with Gasteiger partial charge in [0.25, 0.3) is 0 Å². The maximum atomic E-state index is 3.98. The van der Waals surface area contributed by atoms with Crippen LogP contribution in [0.5, 0.6) is 0 Å². The largest absolute Gasteiger partial charge is 0.131 e. The third-order valence-electron chi connectivity index (χ3n) is 3.91. The molecule has 0 saturated heterocycles. The van der Waals surface area contributed by atoms with Crippen LogP contribution in [0, 0.1) is 0 Å². The van der Waals surface area contributed by atoms with Gasteiger partial charge in [0.1, 0.15) is 16.1 Å². The fraction of sp³-hybridized carbons (Fsp3) is 0.125. The number of benzene rings is 1. The van der Waals surface area contributed by atoms with Crippen molar-refractivity contribution in [3.63, 3.8) is 0 Å². The Kier molecular flexibility index (Phi) is 5.78. The molecule has 0 N–H and O–H groups in total. The summed E-state index contributed by atoms with van der Waals surface area (Å²) < 4.78 is 2.24. The molecule has 0 radical (unpaired) electrons. The van der Waals surface area contributed by atoms with E-state index in [9.17, 15) is 0 Å². The molecule has 0 nitrogen and oxygen atoms in total. The molecule has 0 fully saturated rings. The Morgan fingerprint density at radius 1 is 0.750 bits per heavy atom. The SMILES string of the molecule is C=C[Si](C)(C=C)c1cc(Br)c([Si](C)(C=C)C=C)cc1Br. The van der Waals surface area contributed by atoms with Gasteiger partial charge in [0, 0.05) is 8.95 Å². The highest BCUT2D eigenvalue weighted by Gasteiger charge is 2.29. The lowest BCUT2D eigenvalue weighted by atomic mass is 10.4. The molecule has 1 aromatic rings. The normalized spacial score (nSPS) is 11.8. The van der Waals surface area contributed by atoms with E-state index in [1.807, 2.05) is 22.8 Å². The molecule has 106 valence electrons. The molecular weight excluding hydrogens is 408 g/mol. The van der Waals surface area contributed by atoms with Crippen LogP contribution in [0.4, 0.5) is 0 Å². The average Bonchev–Trinajstić information content (AvgIpc) is 2.47. The van der Waals surface area contributed by atoms with Crippen LogP contribution in [0.3, 0.4) is 0 Å². The van der Waals surface area contributed by atoms with Gasteiger partial charge < -0.3 is 0 Å². The minimum atomic E-state index is -1.84. The molecular formula is C16H20Br2Si2. The second kappa shape index (κ2) is 6.56. The summed E-state index contributed by atoms with van der Waals surface area (Å²) in [5, 5.41) is 2.56. The zero-order chi connectivity index (χ0) is 15.6. The zero-order valence-corrected chi connectivity index (χ0v) is 17.2. The van der Waals surface area contributed by atoms with Crippen LogP contribution in [-0.2, 0) is 0 Å². The van der Waals surface area contributed by atoms with E-state index in [2.05, 4.69) is 83.4 Å². The predicted molar refractivity (Wildman–Crippen MR) is 105 cm³/mol. The molecule has 0 atom stereocenters. The van der Waals surface area contributed by atoms with Crippen LogP contribution in [0.1, 0.15) is 0 Å². The van der Waals surface area contributed by atoms with E-state index in [0.29, 0.717) is 0 Å². The quantitative estimate of drug-likeness (QED) is 0.578. The van der Waals surface area contributed by atoms with Crippen LogP contribution in [0.25, 0.3) is 0 Å². The second-order valence-corrected chi connectivity index (χ2v) is 14.7. The summed E-state index contributed by atoms with van der Waals surface area (Å²) in [6.07, 6.45) is 0. The third-order valence-corrected chi connectivity index (χ3v) is 12.5. The van der Waals surface area contributed by atoms with Crippen molar-refractivity contribution in [2.45, 2.75) is 13.1 Å². The predicted octanol–water partition coefficient (Wildman–Crippen LogP) is 4.68. The smallest absolute Gasteiger partial charge is 0.106 e. The minimum absolute atomic E-state index is 1.12. The fourth-order valence-electron chi connectivity index (χ4n) is 1.98. The van der Waals surface area contributed by atoms with Crippen molar-refractivity contribution in [2.75, 3.05) is 0 Å². The van der Waals surface area contributed by atoms with Crippen molar-refractivity contribution in [3.05, 3.63) is 70.2 Å². The van der Waals surface area contributed by atoms with Crippen molar-refractivity contribution in [2.24, 2.45) is 0 Å². The van der Waals surface area contributed by atoms with E-state index in [1.54, 1.807) is 0 Å². The molecule has 0 aliphatic rings. The van der Waals surface area contributed by atoms with Gasteiger partial charge in [0.05, 0.1) is 0 Å². The number of hydrogen-bond acceptors (Lipinski definition) is 0. The summed E-state index contributed by atoms with van der Waals surface area (Å²) in [6, 6.07) is 4.40. The molecule has 0 aliphatic heterocycles. The number of hydrogen-bond donors (Lipinski definition) is 0. The van der Waals surface area contributed by atoms with Gasteiger partial charge in [-0.2, -0.15) is 0 Å². The van der Waals surface area contributed by atoms with Crippen molar-refractivity contribution >= 4 is 58.4 Å². The molecule has 1 rings (SSSR count). The standard InChI is InChI=1S/C16H20Br2Si2/c1-7-19(5,8-2)15-11-14(18)16(12-13(15)17)20(6,9-3)10-4/h7-12H,1-4H2,5-6H3. The van der Waals surface area contributed by atoms with Crippen molar-refractivity contribution in [3.8, 4) is 0 Å². The van der Waals surface area contributed by atoms with Crippen molar-refractivity contribution in [1.29, 1.82) is 0 Å². The number of rotatable bonds is 6. The average molecular weight is 428 g/mol. The van der Waals surface area contributed by atoms with Gasteiger partial charge in [-0.15, -0.1) is 26.3 Å². The van der Waals surface area contributed by atoms with Crippen LogP contribution in [0.2, 0.25) is 13.1 Å². The Labute approximate surface area is 141 Å². The van der Waals surface area contributed by atoms with Crippen LogP contribution in [0.15, 0.2) is 70.2 Å². The van der Waals surface area contributed by atoms with Gasteiger partial charge in [-0.25, -0.2) is 0 Å². The molecule has 1 aromatic carbocycles. The summed E-state index contributed by atoms with van der Waals surface area (Å²) >= 11 is 7.44. The van der Waals surface area contributed by atoms with E-state index >= 15 is 0 Å². The summed E-state index contributed by atoms with van der Waals surface area (Å²) in [5.41, 5.74) is 8.18. The summed E-state index contributed by atoms with van der Waals surface area (Å²) in [7, 11) is -3.67. The number of halogens is 2. The fourth-order valence-corrected chi connectivity index (χ4v) is 8.95. The molecule has 0 spiro atoms. The lowest BCUT2D eigenvalue weighted by molar-refractivity contribution is 1.65. The highest BCUT2D eigenvalue weighted by Crippen LogP contribution is 2.21. The molecule has 0 unspecified atom stereocenters. The molecule has 0 heterocycles. The Bertz CT molecular complexity index is 508. The lowest BCUT2D eigenvalue weighted by Gasteiger charge is -2.26. The van der Waals surface area contributed by atoms with E-state index in [1.165, 1.54) is 10.4 Å². The minimum Gasteiger partial charge on any atom is -0.106 e. The van der Waals surface area contributed by atoms with Crippen LogP contribution in [-0.4, -0.2) is 16.1 Å². The molecule has 0 amide bonds. The summed E-state index contributed by atoms with van der Waals surface area (Å²) in [5.74, 6) is 0. The molecule has 0 bridgehead atoms. The van der Waals surface area contributed by atoms with Gasteiger partial charge in [0.2, 0.25) is 0 Å². The van der Waals surface area contributed by atoms with E-state index < -0.39 is 16.1 Å². The van der Waals surface area contributed by atoms with Crippen LogP contribution >= 0.6 is 31.9 Å².